The van der Waals surface area contributed by atoms with Gasteiger partial charge in [-0.2, -0.15) is 13.2 Å². The van der Waals surface area contributed by atoms with Crippen molar-refractivity contribution in [1.29, 1.82) is 0 Å². The summed E-state index contributed by atoms with van der Waals surface area (Å²) in [5.41, 5.74) is 0.895. The number of halogens is 3. The van der Waals surface area contributed by atoms with Crippen LogP contribution in [0.1, 0.15) is 35.6 Å². The van der Waals surface area contributed by atoms with Crippen molar-refractivity contribution in [3.63, 3.8) is 0 Å². The fourth-order valence-electron chi connectivity index (χ4n) is 3.04. The largest absolute Gasteiger partial charge is 0.483 e. The Morgan fingerprint density at radius 3 is 2.77 bits per heavy atom. The van der Waals surface area contributed by atoms with E-state index in [0.717, 1.165) is 36.1 Å². The molecule has 3 rings (SSSR count). The quantitative estimate of drug-likeness (QED) is 0.858. The number of fused-ring (bicyclic) bond motifs is 1. The highest BCUT2D eigenvalue weighted by Gasteiger charge is 2.30. The highest BCUT2D eigenvalue weighted by atomic mass is 19.4. The lowest BCUT2D eigenvalue weighted by atomic mass is 9.89. The van der Waals surface area contributed by atoms with Crippen LogP contribution in [0.25, 0.3) is 0 Å². The SMILES string of the molecule is O=C(COc1cccc2c1CCC[C@H]2O)Nc1cccc(C(F)(F)F)c1. The van der Waals surface area contributed by atoms with Crippen LogP contribution in [0.15, 0.2) is 42.5 Å². The van der Waals surface area contributed by atoms with Gasteiger partial charge in [0.15, 0.2) is 6.61 Å². The summed E-state index contributed by atoms with van der Waals surface area (Å²) < 4.78 is 43.7. The van der Waals surface area contributed by atoms with E-state index in [-0.39, 0.29) is 12.3 Å². The fourth-order valence-corrected chi connectivity index (χ4v) is 3.04. The summed E-state index contributed by atoms with van der Waals surface area (Å²) in [6, 6.07) is 9.71. The maximum Gasteiger partial charge on any atom is 0.416 e. The van der Waals surface area contributed by atoms with E-state index in [1.54, 1.807) is 12.1 Å². The third-order valence-electron chi connectivity index (χ3n) is 4.27. The molecule has 0 spiro atoms. The second-order valence-electron chi connectivity index (χ2n) is 6.15. The highest BCUT2D eigenvalue weighted by molar-refractivity contribution is 5.92. The summed E-state index contributed by atoms with van der Waals surface area (Å²) in [4.78, 5) is 12.0. The Bertz CT molecular complexity index is 805. The maximum atomic E-state index is 12.7. The third kappa shape index (κ3) is 4.16. The van der Waals surface area contributed by atoms with Crippen LogP contribution in [-0.2, 0) is 17.4 Å². The van der Waals surface area contributed by atoms with Crippen molar-refractivity contribution in [3.8, 4) is 5.75 Å². The molecule has 0 fully saturated rings. The van der Waals surface area contributed by atoms with E-state index in [2.05, 4.69) is 5.32 Å². The molecule has 1 atom stereocenters. The number of ether oxygens (including phenoxy) is 1. The summed E-state index contributed by atoms with van der Waals surface area (Å²) in [5, 5.41) is 12.4. The van der Waals surface area contributed by atoms with E-state index < -0.39 is 23.8 Å². The molecule has 1 aliphatic rings. The van der Waals surface area contributed by atoms with Gasteiger partial charge in [0.1, 0.15) is 5.75 Å². The first kappa shape index (κ1) is 18.3. The van der Waals surface area contributed by atoms with Crippen molar-refractivity contribution < 1.29 is 27.8 Å². The summed E-state index contributed by atoms with van der Waals surface area (Å²) in [6.07, 6.45) is -2.75. The fraction of sp³-hybridized carbons (Fsp3) is 0.316. The number of aliphatic hydroxyl groups excluding tert-OH is 1. The first-order chi connectivity index (χ1) is 12.3. The number of nitrogens with one attached hydrogen (secondary N) is 1. The van der Waals surface area contributed by atoms with E-state index in [9.17, 15) is 23.1 Å². The van der Waals surface area contributed by atoms with E-state index >= 15 is 0 Å². The maximum absolute atomic E-state index is 12.7. The number of hydrogen-bond donors (Lipinski definition) is 2. The van der Waals surface area contributed by atoms with Crippen molar-refractivity contribution in [2.75, 3.05) is 11.9 Å². The highest BCUT2D eigenvalue weighted by Crippen LogP contribution is 2.35. The number of alkyl halides is 3. The van der Waals surface area contributed by atoms with Gasteiger partial charge in [-0.25, -0.2) is 0 Å². The molecule has 0 bridgehead atoms. The minimum absolute atomic E-state index is 0.0546. The van der Waals surface area contributed by atoms with Gasteiger partial charge < -0.3 is 15.2 Å². The van der Waals surface area contributed by atoms with Crippen LogP contribution in [0, 0.1) is 0 Å². The van der Waals surface area contributed by atoms with Gasteiger partial charge in [-0.1, -0.05) is 18.2 Å². The Morgan fingerprint density at radius 2 is 2.00 bits per heavy atom. The molecule has 0 saturated carbocycles. The van der Waals surface area contributed by atoms with Crippen molar-refractivity contribution >= 4 is 11.6 Å². The molecule has 138 valence electrons. The number of anilines is 1. The molecule has 2 aromatic carbocycles. The Morgan fingerprint density at radius 1 is 1.23 bits per heavy atom. The number of benzene rings is 2. The normalized spacial score (nSPS) is 16.7. The molecule has 0 radical (unpaired) electrons. The lowest BCUT2D eigenvalue weighted by Gasteiger charge is -2.23. The second-order valence-corrected chi connectivity index (χ2v) is 6.15. The van der Waals surface area contributed by atoms with Crippen LogP contribution in [0.3, 0.4) is 0 Å². The van der Waals surface area contributed by atoms with Crippen molar-refractivity contribution in [3.05, 3.63) is 59.2 Å². The number of carbonyl (C=O) groups is 1. The molecule has 2 N–H and O–H groups in total. The molecule has 0 heterocycles. The summed E-state index contributed by atoms with van der Waals surface area (Å²) in [5.74, 6) is -0.0428. The molecule has 0 aliphatic heterocycles. The molecule has 0 unspecified atom stereocenters. The lowest BCUT2D eigenvalue weighted by molar-refractivity contribution is -0.137. The minimum Gasteiger partial charge on any atom is -0.483 e. The summed E-state index contributed by atoms with van der Waals surface area (Å²) in [6.45, 7) is -0.331. The molecule has 0 saturated heterocycles. The monoisotopic (exact) mass is 365 g/mol. The van der Waals surface area contributed by atoms with Crippen molar-refractivity contribution in [2.45, 2.75) is 31.5 Å². The van der Waals surface area contributed by atoms with Gasteiger partial charge in [-0.05, 0) is 54.7 Å². The van der Waals surface area contributed by atoms with Crippen LogP contribution in [0.4, 0.5) is 18.9 Å². The molecular weight excluding hydrogens is 347 g/mol. The molecule has 7 heteroatoms. The molecular formula is C19H18F3NO3. The standard InChI is InChI=1S/C19H18F3NO3/c20-19(21,22)12-4-1-5-13(10-12)23-18(25)11-26-17-9-3-6-14-15(17)7-2-8-16(14)24/h1,3-6,9-10,16,24H,2,7-8,11H2,(H,23,25)/t16-/m1/s1. The smallest absolute Gasteiger partial charge is 0.416 e. The number of amides is 1. The van der Waals surface area contributed by atoms with Crippen molar-refractivity contribution in [2.24, 2.45) is 0 Å². The number of aliphatic hydroxyl groups is 1. The van der Waals surface area contributed by atoms with Gasteiger partial charge in [-0.3, -0.25) is 4.79 Å². The van der Waals surface area contributed by atoms with Crippen LogP contribution >= 0.6 is 0 Å². The van der Waals surface area contributed by atoms with Crippen molar-refractivity contribution in [1.82, 2.24) is 0 Å². The predicted octanol–water partition coefficient (Wildman–Crippen LogP) is 4.09. The lowest BCUT2D eigenvalue weighted by Crippen LogP contribution is -2.21. The topological polar surface area (TPSA) is 58.6 Å². The zero-order chi connectivity index (χ0) is 18.7. The van der Waals surface area contributed by atoms with Gasteiger partial charge in [0.2, 0.25) is 0 Å². The van der Waals surface area contributed by atoms with E-state index in [1.807, 2.05) is 6.07 Å². The molecule has 1 amide bonds. The van der Waals surface area contributed by atoms with E-state index in [4.69, 9.17) is 4.74 Å². The summed E-state index contributed by atoms with van der Waals surface area (Å²) >= 11 is 0. The van der Waals surface area contributed by atoms with Crippen LogP contribution in [0.2, 0.25) is 0 Å². The van der Waals surface area contributed by atoms with Gasteiger partial charge in [-0.15, -0.1) is 0 Å². The zero-order valence-corrected chi connectivity index (χ0v) is 13.8. The number of hydrogen-bond acceptors (Lipinski definition) is 3. The second kappa shape index (κ2) is 7.37. The predicted molar refractivity (Wildman–Crippen MR) is 89.9 cm³/mol. The zero-order valence-electron chi connectivity index (χ0n) is 13.8. The van der Waals surface area contributed by atoms with Gasteiger partial charge >= 0.3 is 6.18 Å². The molecule has 1 aliphatic carbocycles. The van der Waals surface area contributed by atoms with Gasteiger partial charge in [0, 0.05) is 5.69 Å². The molecule has 0 aromatic heterocycles. The number of rotatable bonds is 4. The van der Waals surface area contributed by atoms with Gasteiger partial charge in [0.05, 0.1) is 11.7 Å². The Labute approximate surface area is 148 Å². The summed E-state index contributed by atoms with van der Waals surface area (Å²) in [7, 11) is 0. The first-order valence-corrected chi connectivity index (χ1v) is 8.24. The minimum atomic E-state index is -4.47. The number of carbonyl (C=O) groups excluding carboxylic acids is 1. The van der Waals surface area contributed by atoms with E-state index in [0.29, 0.717) is 12.2 Å². The van der Waals surface area contributed by atoms with Crippen LogP contribution in [0.5, 0.6) is 5.75 Å². The third-order valence-corrected chi connectivity index (χ3v) is 4.27. The van der Waals surface area contributed by atoms with Crippen LogP contribution in [-0.4, -0.2) is 17.6 Å². The average Bonchev–Trinajstić information content (AvgIpc) is 2.60. The molecule has 2 aromatic rings. The molecule has 26 heavy (non-hydrogen) atoms. The Balaban J connectivity index is 1.65. The van der Waals surface area contributed by atoms with Gasteiger partial charge in [0.25, 0.3) is 5.91 Å². The first-order valence-electron chi connectivity index (χ1n) is 8.24. The Hall–Kier alpha value is -2.54. The van der Waals surface area contributed by atoms with Crippen LogP contribution < -0.4 is 10.1 Å². The van der Waals surface area contributed by atoms with E-state index in [1.165, 1.54) is 12.1 Å². The Kier molecular flexibility index (Phi) is 5.18. The molecule has 4 nitrogen and oxygen atoms in total. The average molecular weight is 365 g/mol.